The van der Waals surface area contributed by atoms with Gasteiger partial charge in [0.25, 0.3) is 0 Å². The largest absolute Gasteiger partial charge is 0.480 e. The number of hydrogen-bond acceptors (Lipinski definition) is 3. The summed E-state index contributed by atoms with van der Waals surface area (Å²) in [6.45, 7) is -2.67. The van der Waals surface area contributed by atoms with Gasteiger partial charge >= 0.3 is 18.2 Å². The van der Waals surface area contributed by atoms with Crippen molar-refractivity contribution < 1.29 is 27.9 Å². The minimum atomic E-state index is -4.67. The van der Waals surface area contributed by atoms with E-state index in [-0.39, 0.29) is 4.90 Å². The number of thioether (sulfide) groups is 1. The number of hydrogen-bond donors (Lipinski definition) is 2. The van der Waals surface area contributed by atoms with Gasteiger partial charge in [-0.05, 0) is 24.5 Å². The molecule has 0 bridgehead atoms. The lowest BCUT2D eigenvalue weighted by Gasteiger charge is -2.22. The maximum Gasteiger partial charge on any atom is 0.406 e. The van der Waals surface area contributed by atoms with Crippen LogP contribution in [0.4, 0.5) is 23.7 Å². The Balaban J connectivity index is 2.82. The molecule has 5 nitrogen and oxygen atoms in total. The minimum absolute atomic E-state index is 0.189. The molecule has 0 aliphatic carbocycles. The Labute approximate surface area is 123 Å². The van der Waals surface area contributed by atoms with Crippen LogP contribution in [-0.4, -0.2) is 47.5 Å². The van der Waals surface area contributed by atoms with Crippen molar-refractivity contribution in [3.8, 4) is 0 Å². The molecule has 0 atom stereocenters. The Morgan fingerprint density at radius 3 is 2.57 bits per heavy atom. The van der Waals surface area contributed by atoms with Gasteiger partial charge in [-0.2, -0.15) is 13.2 Å². The maximum absolute atomic E-state index is 12.4. The number of aliphatic carboxylic acids is 1. The highest BCUT2D eigenvalue weighted by molar-refractivity contribution is 7.98. The second-order valence-electron chi connectivity index (χ2n) is 4.03. The molecule has 1 rings (SSSR count). The quantitative estimate of drug-likeness (QED) is 0.818. The Morgan fingerprint density at radius 2 is 2.05 bits per heavy atom. The van der Waals surface area contributed by atoms with Crippen LogP contribution in [0.2, 0.25) is 0 Å². The van der Waals surface area contributed by atoms with Crippen LogP contribution in [0, 0.1) is 0 Å². The minimum Gasteiger partial charge on any atom is -0.480 e. The predicted octanol–water partition coefficient (Wildman–Crippen LogP) is 2.89. The van der Waals surface area contributed by atoms with Crippen LogP contribution in [0.3, 0.4) is 0 Å². The fourth-order valence-electron chi connectivity index (χ4n) is 1.48. The highest BCUT2D eigenvalue weighted by Crippen LogP contribution is 2.20. The monoisotopic (exact) mass is 322 g/mol. The van der Waals surface area contributed by atoms with E-state index in [1.54, 1.807) is 24.5 Å². The molecule has 2 N–H and O–H groups in total. The Kier molecular flexibility index (Phi) is 5.89. The number of carbonyl (C=O) groups is 2. The van der Waals surface area contributed by atoms with Gasteiger partial charge in [-0.3, -0.25) is 4.79 Å². The van der Waals surface area contributed by atoms with E-state index in [1.165, 1.54) is 17.8 Å². The third kappa shape index (κ3) is 6.39. The van der Waals surface area contributed by atoms with E-state index in [4.69, 9.17) is 5.11 Å². The molecule has 0 aliphatic heterocycles. The number of benzene rings is 1. The molecule has 1 aromatic rings. The number of carboxylic acid groups (broad SMARTS) is 1. The highest BCUT2D eigenvalue weighted by atomic mass is 32.2. The first-order valence-electron chi connectivity index (χ1n) is 5.70. The third-order valence-electron chi connectivity index (χ3n) is 2.30. The van der Waals surface area contributed by atoms with E-state index < -0.39 is 31.3 Å². The number of carboxylic acids is 1. The summed E-state index contributed by atoms with van der Waals surface area (Å²) >= 11 is 1.40. The zero-order chi connectivity index (χ0) is 16.0. The average molecular weight is 322 g/mol. The van der Waals surface area contributed by atoms with E-state index in [9.17, 15) is 22.8 Å². The van der Waals surface area contributed by atoms with Gasteiger partial charge in [0.2, 0.25) is 0 Å². The molecule has 0 heterocycles. The predicted molar refractivity (Wildman–Crippen MR) is 72.5 cm³/mol. The molecule has 2 amide bonds. The number of nitrogens with zero attached hydrogens (tertiary/aromatic N) is 1. The van der Waals surface area contributed by atoms with Gasteiger partial charge in [0, 0.05) is 10.6 Å². The van der Waals surface area contributed by atoms with Crippen LogP contribution < -0.4 is 5.32 Å². The van der Waals surface area contributed by atoms with Crippen LogP contribution in [0.15, 0.2) is 29.2 Å². The van der Waals surface area contributed by atoms with Crippen molar-refractivity contribution in [2.24, 2.45) is 0 Å². The molecule has 0 unspecified atom stereocenters. The van der Waals surface area contributed by atoms with Gasteiger partial charge in [0.15, 0.2) is 0 Å². The van der Waals surface area contributed by atoms with E-state index in [2.05, 4.69) is 5.32 Å². The lowest BCUT2D eigenvalue weighted by molar-refractivity contribution is -0.148. The Bertz CT molecular complexity index is 523. The van der Waals surface area contributed by atoms with Crippen LogP contribution in [-0.2, 0) is 4.79 Å². The fourth-order valence-corrected chi connectivity index (χ4v) is 1.94. The van der Waals surface area contributed by atoms with Crippen molar-refractivity contribution >= 4 is 29.4 Å². The number of alkyl halides is 3. The van der Waals surface area contributed by atoms with Crippen LogP contribution in [0.1, 0.15) is 0 Å². The maximum atomic E-state index is 12.4. The molecule has 116 valence electrons. The molecular formula is C12H13F3N2O3S. The number of amides is 2. The summed E-state index contributed by atoms with van der Waals surface area (Å²) in [5.74, 6) is -1.52. The topological polar surface area (TPSA) is 69.6 Å². The van der Waals surface area contributed by atoms with Gasteiger partial charge in [-0.1, -0.05) is 6.07 Å². The average Bonchev–Trinajstić information content (AvgIpc) is 2.36. The van der Waals surface area contributed by atoms with Gasteiger partial charge in [-0.25, -0.2) is 4.79 Å². The molecule has 21 heavy (non-hydrogen) atoms. The normalized spacial score (nSPS) is 11.0. The van der Waals surface area contributed by atoms with Crippen molar-refractivity contribution in [3.05, 3.63) is 24.3 Å². The van der Waals surface area contributed by atoms with Crippen LogP contribution in [0.5, 0.6) is 0 Å². The molecular weight excluding hydrogens is 309 g/mol. The van der Waals surface area contributed by atoms with Crippen molar-refractivity contribution in [1.29, 1.82) is 0 Å². The summed E-state index contributed by atoms with van der Waals surface area (Å²) in [5.41, 5.74) is 0.296. The molecule has 0 fully saturated rings. The molecule has 0 saturated carbocycles. The molecule has 0 aromatic heterocycles. The van der Waals surface area contributed by atoms with Gasteiger partial charge in [0.1, 0.15) is 13.1 Å². The van der Waals surface area contributed by atoms with Crippen molar-refractivity contribution in [1.82, 2.24) is 4.90 Å². The lowest BCUT2D eigenvalue weighted by Crippen LogP contribution is -2.44. The summed E-state index contributed by atoms with van der Waals surface area (Å²) in [7, 11) is 0. The Morgan fingerprint density at radius 1 is 1.38 bits per heavy atom. The van der Waals surface area contributed by atoms with E-state index >= 15 is 0 Å². The number of halogens is 3. The van der Waals surface area contributed by atoms with Gasteiger partial charge < -0.3 is 15.3 Å². The molecule has 1 aromatic carbocycles. The smallest absolute Gasteiger partial charge is 0.406 e. The SMILES string of the molecule is CSc1cccc(NC(=O)N(CC(=O)O)CC(F)(F)F)c1. The summed E-state index contributed by atoms with van der Waals surface area (Å²) < 4.78 is 37.1. The van der Waals surface area contributed by atoms with Crippen LogP contribution >= 0.6 is 11.8 Å². The molecule has 0 radical (unpaired) electrons. The molecule has 9 heteroatoms. The summed E-state index contributed by atoms with van der Waals surface area (Å²) in [6.07, 6.45) is -2.87. The number of urea groups is 1. The first-order valence-corrected chi connectivity index (χ1v) is 6.92. The second-order valence-corrected chi connectivity index (χ2v) is 4.91. The van der Waals surface area contributed by atoms with Crippen LogP contribution in [0.25, 0.3) is 0 Å². The van der Waals surface area contributed by atoms with E-state index in [0.717, 1.165) is 4.90 Å². The zero-order valence-electron chi connectivity index (χ0n) is 11.0. The van der Waals surface area contributed by atoms with Crippen molar-refractivity contribution in [2.75, 3.05) is 24.7 Å². The standard InChI is InChI=1S/C12H13F3N2O3S/c1-21-9-4-2-3-8(5-9)16-11(20)17(6-10(18)19)7-12(13,14)15/h2-5H,6-7H2,1H3,(H,16,20)(H,18,19). The first kappa shape index (κ1) is 17.2. The third-order valence-corrected chi connectivity index (χ3v) is 3.03. The fraction of sp³-hybridized carbons (Fsp3) is 0.333. The van der Waals surface area contributed by atoms with Crippen molar-refractivity contribution in [2.45, 2.75) is 11.1 Å². The van der Waals surface area contributed by atoms with Gasteiger partial charge in [0.05, 0.1) is 0 Å². The molecule has 0 aliphatic rings. The number of rotatable bonds is 5. The number of carbonyl (C=O) groups excluding carboxylic acids is 1. The lowest BCUT2D eigenvalue weighted by atomic mass is 10.3. The zero-order valence-corrected chi connectivity index (χ0v) is 11.8. The second kappa shape index (κ2) is 7.21. The van der Waals surface area contributed by atoms with E-state index in [0.29, 0.717) is 5.69 Å². The van der Waals surface area contributed by atoms with Gasteiger partial charge in [-0.15, -0.1) is 11.8 Å². The summed E-state index contributed by atoms with van der Waals surface area (Å²) in [5, 5.41) is 10.8. The molecule has 0 spiro atoms. The van der Waals surface area contributed by atoms with Crippen molar-refractivity contribution in [3.63, 3.8) is 0 Å². The molecule has 0 saturated heterocycles. The summed E-state index contributed by atoms with van der Waals surface area (Å²) in [4.78, 5) is 23.3. The number of nitrogens with one attached hydrogen (secondary N) is 1. The first-order chi connectivity index (χ1) is 9.71. The highest BCUT2D eigenvalue weighted by Gasteiger charge is 2.34. The van der Waals surface area contributed by atoms with E-state index in [1.807, 2.05) is 0 Å². The Hall–Kier alpha value is -1.90. The summed E-state index contributed by atoms with van der Waals surface area (Å²) in [6, 6.07) is 5.37. The number of anilines is 1.